The number of piperazine rings is 1. The molecule has 3 aromatic rings. The second-order valence-corrected chi connectivity index (χ2v) is 9.12. The minimum atomic E-state index is 0.0901. The Morgan fingerprint density at radius 1 is 0.758 bits per heavy atom. The molecule has 1 amide bonds. The summed E-state index contributed by atoms with van der Waals surface area (Å²) in [6.45, 7) is 8.83. The van der Waals surface area contributed by atoms with Gasteiger partial charge in [0.15, 0.2) is 0 Å². The van der Waals surface area contributed by atoms with Crippen LogP contribution in [0, 0.1) is 0 Å². The summed E-state index contributed by atoms with van der Waals surface area (Å²) in [5.41, 5.74) is 3.62. The van der Waals surface area contributed by atoms with Crippen LogP contribution in [0.25, 0.3) is 11.3 Å². The standard InChI is InChI=1S/C27H33N5O/c33-27(31-19-17-30(18-20-31)16-15-29-13-7-8-14-29)25-22-32(21-23-9-3-1-4-10-23)28-26(25)24-11-5-2-6-12-24/h1-6,9-12,22H,7-8,13-21H2. The molecule has 2 fully saturated rings. The monoisotopic (exact) mass is 443 g/mol. The van der Waals surface area contributed by atoms with E-state index in [1.165, 1.54) is 31.5 Å². The predicted molar refractivity (Wildman–Crippen MR) is 131 cm³/mol. The van der Waals surface area contributed by atoms with Gasteiger partial charge < -0.3 is 9.80 Å². The number of carbonyl (C=O) groups excluding carboxylic acids is 1. The molecule has 0 spiro atoms. The van der Waals surface area contributed by atoms with E-state index in [1.54, 1.807) is 0 Å². The number of likely N-dealkylation sites (tertiary alicyclic amines) is 1. The maximum atomic E-state index is 13.6. The van der Waals surface area contributed by atoms with E-state index in [9.17, 15) is 4.79 Å². The van der Waals surface area contributed by atoms with E-state index in [1.807, 2.05) is 64.3 Å². The Hall–Kier alpha value is -2.96. The molecule has 0 bridgehead atoms. The average Bonchev–Trinajstić information content (AvgIpc) is 3.54. The molecule has 33 heavy (non-hydrogen) atoms. The summed E-state index contributed by atoms with van der Waals surface area (Å²) in [6.07, 6.45) is 4.60. The molecule has 2 saturated heterocycles. The van der Waals surface area contributed by atoms with Crippen LogP contribution in [0.2, 0.25) is 0 Å². The Balaban J connectivity index is 1.28. The summed E-state index contributed by atoms with van der Waals surface area (Å²) < 4.78 is 1.90. The lowest BCUT2D eigenvalue weighted by Crippen LogP contribution is -2.50. The highest BCUT2D eigenvalue weighted by Crippen LogP contribution is 2.24. The molecule has 0 saturated carbocycles. The number of carbonyl (C=O) groups is 1. The quantitative estimate of drug-likeness (QED) is 0.561. The average molecular weight is 444 g/mol. The highest BCUT2D eigenvalue weighted by atomic mass is 16.2. The summed E-state index contributed by atoms with van der Waals surface area (Å²) in [5.74, 6) is 0.0901. The maximum absolute atomic E-state index is 13.6. The molecule has 0 N–H and O–H groups in total. The number of hydrogen-bond donors (Lipinski definition) is 0. The molecule has 5 rings (SSSR count). The molecule has 2 aliphatic heterocycles. The van der Waals surface area contributed by atoms with Crippen molar-refractivity contribution in [3.63, 3.8) is 0 Å². The molecular weight excluding hydrogens is 410 g/mol. The van der Waals surface area contributed by atoms with Gasteiger partial charge >= 0.3 is 0 Å². The fraction of sp³-hybridized carbons (Fsp3) is 0.407. The lowest BCUT2D eigenvalue weighted by atomic mass is 10.1. The molecule has 1 aromatic heterocycles. The van der Waals surface area contributed by atoms with Gasteiger partial charge in [-0.2, -0.15) is 5.10 Å². The van der Waals surface area contributed by atoms with Crippen LogP contribution in [0.4, 0.5) is 0 Å². The Morgan fingerprint density at radius 2 is 1.36 bits per heavy atom. The van der Waals surface area contributed by atoms with E-state index in [4.69, 9.17) is 5.10 Å². The van der Waals surface area contributed by atoms with Crippen LogP contribution in [0.15, 0.2) is 66.9 Å². The van der Waals surface area contributed by atoms with Crippen molar-refractivity contribution in [1.82, 2.24) is 24.5 Å². The minimum Gasteiger partial charge on any atom is -0.336 e. The van der Waals surface area contributed by atoms with Crippen molar-refractivity contribution in [2.75, 3.05) is 52.4 Å². The van der Waals surface area contributed by atoms with Gasteiger partial charge in [0.1, 0.15) is 5.69 Å². The number of aromatic nitrogens is 2. The number of hydrogen-bond acceptors (Lipinski definition) is 4. The molecule has 0 aliphatic carbocycles. The largest absolute Gasteiger partial charge is 0.336 e. The third-order valence-corrected chi connectivity index (χ3v) is 6.82. The first-order valence-corrected chi connectivity index (χ1v) is 12.2. The Bertz CT molecular complexity index is 1030. The van der Waals surface area contributed by atoms with Gasteiger partial charge in [-0.1, -0.05) is 60.7 Å². The van der Waals surface area contributed by atoms with Crippen molar-refractivity contribution < 1.29 is 4.79 Å². The molecule has 2 aromatic carbocycles. The summed E-state index contributed by atoms with van der Waals surface area (Å²) in [6, 6.07) is 20.3. The third kappa shape index (κ3) is 5.34. The number of rotatable bonds is 7. The molecule has 3 heterocycles. The first-order valence-electron chi connectivity index (χ1n) is 12.2. The maximum Gasteiger partial charge on any atom is 0.257 e. The van der Waals surface area contributed by atoms with Gasteiger partial charge in [-0.05, 0) is 31.5 Å². The normalized spacial score (nSPS) is 17.5. The first-order chi connectivity index (χ1) is 16.3. The fourth-order valence-electron chi connectivity index (χ4n) is 4.87. The van der Waals surface area contributed by atoms with Gasteiger partial charge in [0.2, 0.25) is 0 Å². The highest BCUT2D eigenvalue weighted by Gasteiger charge is 2.26. The Kier molecular flexibility index (Phi) is 6.84. The van der Waals surface area contributed by atoms with Gasteiger partial charge in [0, 0.05) is 51.0 Å². The van der Waals surface area contributed by atoms with Crippen LogP contribution in [0.5, 0.6) is 0 Å². The third-order valence-electron chi connectivity index (χ3n) is 6.82. The number of nitrogens with zero attached hydrogens (tertiary/aromatic N) is 5. The Morgan fingerprint density at radius 3 is 2.03 bits per heavy atom. The van der Waals surface area contributed by atoms with E-state index in [0.29, 0.717) is 12.1 Å². The zero-order valence-electron chi connectivity index (χ0n) is 19.3. The topological polar surface area (TPSA) is 44.6 Å². The molecule has 6 heteroatoms. The van der Waals surface area contributed by atoms with Crippen molar-refractivity contribution >= 4 is 5.91 Å². The molecular formula is C27H33N5O. The van der Waals surface area contributed by atoms with Gasteiger partial charge in [-0.25, -0.2) is 0 Å². The van der Waals surface area contributed by atoms with Crippen molar-refractivity contribution in [2.24, 2.45) is 0 Å². The highest BCUT2D eigenvalue weighted by molar-refractivity contribution is 5.99. The predicted octanol–water partition coefficient (Wildman–Crippen LogP) is 3.45. The van der Waals surface area contributed by atoms with E-state index in [-0.39, 0.29) is 5.91 Å². The smallest absolute Gasteiger partial charge is 0.257 e. The molecule has 0 unspecified atom stereocenters. The van der Waals surface area contributed by atoms with Crippen LogP contribution in [0.3, 0.4) is 0 Å². The van der Waals surface area contributed by atoms with Crippen LogP contribution < -0.4 is 0 Å². The van der Waals surface area contributed by atoms with Crippen molar-refractivity contribution in [1.29, 1.82) is 0 Å². The summed E-state index contributed by atoms with van der Waals surface area (Å²) >= 11 is 0. The van der Waals surface area contributed by atoms with Gasteiger partial charge in [0.05, 0.1) is 12.1 Å². The molecule has 2 aliphatic rings. The SMILES string of the molecule is O=C(c1cn(Cc2ccccc2)nc1-c1ccccc1)N1CCN(CCN2CCCC2)CC1. The van der Waals surface area contributed by atoms with E-state index in [0.717, 1.165) is 50.5 Å². The molecule has 0 atom stereocenters. The Labute approximate surface area is 196 Å². The van der Waals surface area contributed by atoms with Crippen molar-refractivity contribution in [3.05, 3.63) is 78.0 Å². The molecule has 172 valence electrons. The van der Waals surface area contributed by atoms with E-state index in [2.05, 4.69) is 21.9 Å². The van der Waals surface area contributed by atoms with Crippen LogP contribution >= 0.6 is 0 Å². The lowest BCUT2D eigenvalue weighted by molar-refractivity contribution is 0.0627. The second kappa shape index (κ2) is 10.3. The number of benzene rings is 2. The molecule has 6 nitrogen and oxygen atoms in total. The summed E-state index contributed by atoms with van der Waals surface area (Å²) in [5, 5.41) is 4.83. The van der Waals surface area contributed by atoms with Crippen LogP contribution in [-0.4, -0.2) is 82.7 Å². The second-order valence-electron chi connectivity index (χ2n) is 9.12. The molecule has 0 radical (unpaired) electrons. The summed E-state index contributed by atoms with van der Waals surface area (Å²) in [7, 11) is 0. The van der Waals surface area contributed by atoms with E-state index < -0.39 is 0 Å². The van der Waals surface area contributed by atoms with Crippen LogP contribution in [-0.2, 0) is 6.54 Å². The minimum absolute atomic E-state index is 0.0901. The van der Waals surface area contributed by atoms with E-state index >= 15 is 0 Å². The fourth-order valence-corrected chi connectivity index (χ4v) is 4.87. The number of amides is 1. The zero-order valence-corrected chi connectivity index (χ0v) is 19.3. The van der Waals surface area contributed by atoms with Crippen LogP contribution in [0.1, 0.15) is 28.8 Å². The van der Waals surface area contributed by atoms with Gasteiger partial charge in [-0.15, -0.1) is 0 Å². The van der Waals surface area contributed by atoms with Gasteiger partial charge in [0.25, 0.3) is 5.91 Å². The van der Waals surface area contributed by atoms with Crippen molar-refractivity contribution in [2.45, 2.75) is 19.4 Å². The zero-order chi connectivity index (χ0) is 22.5. The summed E-state index contributed by atoms with van der Waals surface area (Å²) in [4.78, 5) is 20.6. The van der Waals surface area contributed by atoms with Crippen molar-refractivity contribution in [3.8, 4) is 11.3 Å². The first kappa shape index (κ1) is 21.9. The lowest BCUT2D eigenvalue weighted by Gasteiger charge is -2.35. The van der Waals surface area contributed by atoms with Gasteiger partial charge in [-0.3, -0.25) is 14.4 Å².